The molecular formula is C14H18N2O2. The fourth-order valence-corrected chi connectivity index (χ4v) is 1.45. The lowest BCUT2D eigenvalue weighted by Gasteiger charge is -2.18. The van der Waals surface area contributed by atoms with Crippen LogP contribution in [0.5, 0.6) is 0 Å². The molecule has 18 heavy (non-hydrogen) atoms. The van der Waals surface area contributed by atoms with Crippen molar-refractivity contribution >= 4 is 5.91 Å². The average molecular weight is 246 g/mol. The third kappa shape index (κ3) is 4.56. The number of nitrogens with zero attached hydrogens (tertiary/aromatic N) is 2. The quantitative estimate of drug-likeness (QED) is 0.797. The second kappa shape index (κ2) is 6.77. The first-order chi connectivity index (χ1) is 8.52. The van der Waals surface area contributed by atoms with E-state index in [2.05, 4.69) is 6.07 Å². The van der Waals surface area contributed by atoms with E-state index >= 15 is 0 Å². The summed E-state index contributed by atoms with van der Waals surface area (Å²) in [7, 11) is 1.73. The normalized spacial score (nSPS) is 10.2. The number of amides is 1. The van der Waals surface area contributed by atoms with Crippen molar-refractivity contribution in [1.29, 1.82) is 5.26 Å². The van der Waals surface area contributed by atoms with Gasteiger partial charge in [0.1, 0.15) is 6.61 Å². The van der Waals surface area contributed by atoms with Gasteiger partial charge in [-0.3, -0.25) is 4.79 Å². The summed E-state index contributed by atoms with van der Waals surface area (Å²) < 4.78 is 5.26. The van der Waals surface area contributed by atoms with Crippen molar-refractivity contribution in [2.75, 3.05) is 13.7 Å². The van der Waals surface area contributed by atoms with Gasteiger partial charge in [-0.1, -0.05) is 12.1 Å². The first kappa shape index (κ1) is 14.2. The number of ether oxygens (including phenoxy) is 1. The van der Waals surface area contributed by atoms with Crippen LogP contribution in [0, 0.1) is 11.3 Å². The first-order valence-electron chi connectivity index (χ1n) is 5.87. The molecule has 0 aliphatic heterocycles. The summed E-state index contributed by atoms with van der Waals surface area (Å²) in [5, 5.41) is 8.80. The van der Waals surface area contributed by atoms with Crippen LogP contribution in [0.4, 0.5) is 0 Å². The summed E-state index contributed by atoms with van der Waals surface area (Å²) in [4.78, 5) is 13.3. The summed E-state index contributed by atoms with van der Waals surface area (Å²) in [6.45, 7) is 4.36. The van der Waals surface area contributed by atoms with Gasteiger partial charge in [-0.15, -0.1) is 0 Å². The Morgan fingerprint density at radius 1 is 1.50 bits per heavy atom. The monoisotopic (exact) mass is 246 g/mol. The zero-order valence-corrected chi connectivity index (χ0v) is 11.0. The number of nitriles is 1. The topological polar surface area (TPSA) is 53.3 Å². The van der Waals surface area contributed by atoms with Crippen LogP contribution < -0.4 is 0 Å². The molecule has 0 aromatic heterocycles. The van der Waals surface area contributed by atoms with Crippen LogP contribution in [-0.2, 0) is 16.1 Å². The minimum atomic E-state index is -0.0638. The molecule has 0 unspecified atom stereocenters. The van der Waals surface area contributed by atoms with E-state index in [0.29, 0.717) is 12.1 Å². The average Bonchev–Trinajstić information content (AvgIpc) is 2.36. The Kier molecular flexibility index (Phi) is 5.34. The molecule has 0 fully saturated rings. The summed E-state index contributed by atoms with van der Waals surface area (Å²) in [5.74, 6) is -0.0638. The third-order valence-electron chi connectivity index (χ3n) is 2.44. The summed E-state index contributed by atoms with van der Waals surface area (Å²) in [5.41, 5.74) is 1.54. The van der Waals surface area contributed by atoms with Crippen LogP contribution in [0.15, 0.2) is 24.3 Å². The second-order valence-electron chi connectivity index (χ2n) is 4.42. The summed E-state index contributed by atoms with van der Waals surface area (Å²) in [6, 6.07) is 9.32. The van der Waals surface area contributed by atoms with Gasteiger partial charge in [0, 0.05) is 13.6 Å². The fourth-order valence-electron chi connectivity index (χ4n) is 1.45. The minimum absolute atomic E-state index is 0.0456. The van der Waals surface area contributed by atoms with Gasteiger partial charge in [0.05, 0.1) is 17.7 Å². The highest BCUT2D eigenvalue weighted by Gasteiger charge is 2.10. The van der Waals surface area contributed by atoms with Crippen LogP contribution in [0.3, 0.4) is 0 Å². The van der Waals surface area contributed by atoms with Gasteiger partial charge >= 0.3 is 0 Å². The van der Waals surface area contributed by atoms with Gasteiger partial charge in [-0.05, 0) is 31.5 Å². The van der Waals surface area contributed by atoms with Crippen LogP contribution in [0.25, 0.3) is 0 Å². The molecule has 0 bridgehead atoms. The summed E-state index contributed by atoms with van der Waals surface area (Å²) in [6.07, 6.45) is 0.0456. The van der Waals surface area contributed by atoms with Crippen LogP contribution in [0.2, 0.25) is 0 Å². The predicted molar refractivity (Wildman–Crippen MR) is 68.7 cm³/mol. The molecule has 1 rings (SSSR count). The Bertz CT molecular complexity index is 449. The zero-order chi connectivity index (χ0) is 13.5. The molecule has 0 radical (unpaired) electrons. The van der Waals surface area contributed by atoms with E-state index in [0.717, 1.165) is 5.56 Å². The van der Waals surface area contributed by atoms with E-state index < -0.39 is 0 Å². The van der Waals surface area contributed by atoms with Crippen molar-refractivity contribution < 1.29 is 9.53 Å². The van der Waals surface area contributed by atoms with Crippen molar-refractivity contribution in [3.8, 4) is 6.07 Å². The number of hydrogen-bond donors (Lipinski definition) is 0. The summed E-state index contributed by atoms with van der Waals surface area (Å²) >= 11 is 0. The number of hydrogen-bond acceptors (Lipinski definition) is 3. The Hall–Kier alpha value is -1.86. The molecule has 0 saturated heterocycles. The van der Waals surface area contributed by atoms with E-state index in [1.54, 1.807) is 24.1 Å². The molecule has 0 aliphatic carbocycles. The molecule has 0 heterocycles. The lowest BCUT2D eigenvalue weighted by atomic mass is 10.1. The molecule has 1 aromatic rings. The Morgan fingerprint density at radius 3 is 2.83 bits per heavy atom. The molecule has 0 saturated carbocycles. The maximum atomic E-state index is 11.7. The Morgan fingerprint density at radius 2 is 2.22 bits per heavy atom. The van der Waals surface area contributed by atoms with E-state index in [1.807, 2.05) is 26.0 Å². The lowest BCUT2D eigenvalue weighted by Crippen LogP contribution is -2.30. The molecule has 0 spiro atoms. The number of carbonyl (C=O) groups is 1. The van der Waals surface area contributed by atoms with Crippen molar-refractivity contribution in [2.24, 2.45) is 0 Å². The van der Waals surface area contributed by atoms with Crippen molar-refractivity contribution in [3.05, 3.63) is 35.4 Å². The van der Waals surface area contributed by atoms with Crippen LogP contribution in [-0.4, -0.2) is 30.6 Å². The molecule has 96 valence electrons. The molecule has 1 aromatic carbocycles. The van der Waals surface area contributed by atoms with Gasteiger partial charge in [-0.2, -0.15) is 5.26 Å². The highest BCUT2D eigenvalue weighted by atomic mass is 16.5. The highest BCUT2D eigenvalue weighted by molar-refractivity contribution is 5.77. The van der Waals surface area contributed by atoms with E-state index in [-0.39, 0.29) is 18.6 Å². The number of benzene rings is 1. The largest absolute Gasteiger partial charge is 0.369 e. The smallest absolute Gasteiger partial charge is 0.248 e. The second-order valence-corrected chi connectivity index (χ2v) is 4.42. The lowest BCUT2D eigenvalue weighted by molar-refractivity contribution is -0.136. The highest BCUT2D eigenvalue weighted by Crippen LogP contribution is 2.07. The van der Waals surface area contributed by atoms with Crippen LogP contribution in [0.1, 0.15) is 25.0 Å². The fraction of sp³-hybridized carbons (Fsp3) is 0.429. The third-order valence-corrected chi connectivity index (χ3v) is 2.44. The van der Waals surface area contributed by atoms with Crippen molar-refractivity contribution in [2.45, 2.75) is 26.5 Å². The number of likely N-dealkylation sites (N-methyl/N-ethyl adjacent to an activating group) is 1. The molecule has 4 heteroatoms. The molecule has 1 amide bonds. The molecule has 0 atom stereocenters. The molecule has 0 N–H and O–H groups in total. The molecule has 0 aliphatic rings. The van der Waals surface area contributed by atoms with E-state index in [9.17, 15) is 4.79 Å². The van der Waals surface area contributed by atoms with Gasteiger partial charge < -0.3 is 9.64 Å². The predicted octanol–water partition coefficient (Wildman–Crippen LogP) is 1.94. The maximum absolute atomic E-state index is 11.7. The number of carbonyl (C=O) groups excluding carboxylic acids is 1. The van der Waals surface area contributed by atoms with Gasteiger partial charge in [0.15, 0.2) is 0 Å². The van der Waals surface area contributed by atoms with E-state index in [1.165, 1.54) is 0 Å². The SMILES string of the molecule is CC(C)OCC(=O)N(C)Cc1cccc(C#N)c1. The first-order valence-corrected chi connectivity index (χ1v) is 5.87. The van der Waals surface area contributed by atoms with Crippen molar-refractivity contribution in [1.82, 2.24) is 4.90 Å². The number of rotatable bonds is 5. The Balaban J connectivity index is 2.55. The zero-order valence-electron chi connectivity index (χ0n) is 11.0. The van der Waals surface area contributed by atoms with Gasteiger partial charge in [-0.25, -0.2) is 0 Å². The molecular weight excluding hydrogens is 228 g/mol. The van der Waals surface area contributed by atoms with Gasteiger partial charge in [0.25, 0.3) is 0 Å². The molecule has 4 nitrogen and oxygen atoms in total. The van der Waals surface area contributed by atoms with Crippen molar-refractivity contribution in [3.63, 3.8) is 0 Å². The van der Waals surface area contributed by atoms with Gasteiger partial charge in [0.2, 0.25) is 5.91 Å². The van der Waals surface area contributed by atoms with Crippen LogP contribution >= 0.6 is 0 Å². The van der Waals surface area contributed by atoms with E-state index in [4.69, 9.17) is 10.00 Å². The Labute approximate surface area is 108 Å². The maximum Gasteiger partial charge on any atom is 0.248 e. The minimum Gasteiger partial charge on any atom is -0.369 e. The standard InChI is InChI=1S/C14H18N2O2/c1-11(2)18-10-14(17)16(3)9-13-6-4-5-12(7-13)8-15/h4-7,11H,9-10H2,1-3H3.